The molecule has 1 saturated carbocycles. The molecular formula is C44H54FN5O9. The summed E-state index contributed by atoms with van der Waals surface area (Å²) in [7, 11) is 1.52. The Kier molecular flexibility index (Phi) is 13.8. The highest BCUT2D eigenvalue weighted by atomic mass is 19.1. The quantitative estimate of drug-likeness (QED) is 0.150. The second-order valence-electron chi connectivity index (χ2n) is 17.2. The summed E-state index contributed by atoms with van der Waals surface area (Å²) in [6.45, 7) is 19.0. The molecule has 4 rings (SSSR count). The number of halogens is 1. The third-order valence-electron chi connectivity index (χ3n) is 8.66. The Morgan fingerprint density at radius 3 is 1.85 bits per heavy atom. The molecule has 1 aliphatic rings. The first kappa shape index (κ1) is 45.7. The van der Waals surface area contributed by atoms with Crippen molar-refractivity contribution in [3.05, 3.63) is 65.2 Å². The van der Waals surface area contributed by atoms with Gasteiger partial charge in [-0.05, 0) is 143 Å². The monoisotopic (exact) mass is 815 g/mol. The van der Waals surface area contributed by atoms with E-state index in [1.807, 2.05) is 12.1 Å². The van der Waals surface area contributed by atoms with E-state index in [1.165, 1.54) is 25.8 Å². The molecule has 14 nitrogen and oxygen atoms in total. The van der Waals surface area contributed by atoms with E-state index in [1.54, 1.807) is 81.4 Å². The molecule has 1 aliphatic carbocycles. The molecule has 3 aromatic rings. The molecule has 0 saturated heterocycles. The Labute approximate surface area is 345 Å². The topological polar surface area (TPSA) is 158 Å². The summed E-state index contributed by atoms with van der Waals surface area (Å²) in [6.07, 6.45) is -0.290. The Morgan fingerprint density at radius 2 is 1.36 bits per heavy atom. The van der Waals surface area contributed by atoms with Crippen LogP contribution in [0.5, 0.6) is 5.75 Å². The van der Waals surface area contributed by atoms with Crippen molar-refractivity contribution < 1.29 is 47.3 Å². The number of rotatable bonds is 9. The van der Waals surface area contributed by atoms with Crippen LogP contribution in [0, 0.1) is 24.6 Å². The van der Waals surface area contributed by atoms with Crippen LogP contribution in [-0.2, 0) is 19.0 Å². The fourth-order valence-corrected chi connectivity index (χ4v) is 5.61. The summed E-state index contributed by atoms with van der Waals surface area (Å²) in [5.41, 5.74) is -2.16. The van der Waals surface area contributed by atoms with E-state index >= 15 is 4.39 Å². The van der Waals surface area contributed by atoms with Crippen LogP contribution in [0.4, 0.5) is 30.3 Å². The number of nitrogens with zero attached hydrogens (tertiary/aromatic N) is 5. The maximum atomic E-state index is 16.1. The highest BCUT2D eigenvalue weighted by Crippen LogP contribution is 2.42. The largest absolute Gasteiger partial charge is 0.485 e. The van der Waals surface area contributed by atoms with Crippen LogP contribution in [0.25, 0.3) is 11.3 Å². The molecule has 0 N–H and O–H groups in total. The van der Waals surface area contributed by atoms with Crippen molar-refractivity contribution in [3.8, 4) is 28.8 Å². The fraction of sp³-hybridized carbons (Fsp3) is 0.477. The van der Waals surface area contributed by atoms with Crippen LogP contribution in [-0.4, -0.2) is 81.5 Å². The Balaban J connectivity index is 1.99. The number of imide groups is 2. The van der Waals surface area contributed by atoms with Crippen molar-refractivity contribution in [1.29, 1.82) is 0 Å². The summed E-state index contributed by atoms with van der Waals surface area (Å²) in [5, 5.41) is 0. The van der Waals surface area contributed by atoms with Gasteiger partial charge in [-0.15, -0.1) is 0 Å². The van der Waals surface area contributed by atoms with Crippen LogP contribution >= 0.6 is 0 Å². The summed E-state index contributed by atoms with van der Waals surface area (Å²) >= 11 is 0. The number of likely N-dealkylation sites (N-methyl/N-ethyl adjacent to an activating group) is 1. The highest BCUT2D eigenvalue weighted by Gasteiger charge is 2.38. The van der Waals surface area contributed by atoms with Crippen LogP contribution in [0.15, 0.2) is 42.7 Å². The van der Waals surface area contributed by atoms with Gasteiger partial charge in [0.25, 0.3) is 11.8 Å². The van der Waals surface area contributed by atoms with E-state index in [4.69, 9.17) is 18.9 Å². The molecule has 0 spiro atoms. The first-order chi connectivity index (χ1) is 27.3. The molecule has 316 valence electrons. The van der Waals surface area contributed by atoms with Gasteiger partial charge >= 0.3 is 18.3 Å². The number of benzene rings is 2. The lowest BCUT2D eigenvalue weighted by molar-refractivity contribution is -0.126. The Morgan fingerprint density at radius 1 is 0.831 bits per heavy atom. The van der Waals surface area contributed by atoms with Crippen molar-refractivity contribution in [1.82, 2.24) is 14.9 Å². The first-order valence-electron chi connectivity index (χ1n) is 19.2. The van der Waals surface area contributed by atoms with E-state index < -0.39 is 64.6 Å². The second-order valence-corrected chi connectivity index (χ2v) is 17.2. The third-order valence-corrected chi connectivity index (χ3v) is 8.66. The molecule has 1 atom stereocenters. The van der Waals surface area contributed by atoms with Gasteiger partial charge in [0.15, 0.2) is 11.6 Å². The van der Waals surface area contributed by atoms with Gasteiger partial charge in [-0.2, -0.15) is 4.90 Å². The minimum Gasteiger partial charge on any atom is -0.485 e. The predicted octanol–water partition coefficient (Wildman–Crippen LogP) is 8.98. The van der Waals surface area contributed by atoms with E-state index in [0.29, 0.717) is 10.8 Å². The van der Waals surface area contributed by atoms with Gasteiger partial charge < -0.3 is 23.8 Å². The number of hydrogen-bond donors (Lipinski definition) is 0. The maximum Gasteiger partial charge on any atom is 0.425 e. The lowest BCUT2D eigenvalue weighted by Gasteiger charge is -2.30. The van der Waals surface area contributed by atoms with Crippen molar-refractivity contribution in [2.75, 3.05) is 23.5 Å². The number of amides is 5. The average molecular weight is 816 g/mol. The molecule has 5 amide bonds. The van der Waals surface area contributed by atoms with Gasteiger partial charge in [0.2, 0.25) is 0 Å². The number of carbonyl (C=O) groups is 5. The molecule has 2 aromatic carbocycles. The molecule has 1 heterocycles. The zero-order valence-corrected chi connectivity index (χ0v) is 36.1. The molecule has 15 heteroatoms. The van der Waals surface area contributed by atoms with Crippen molar-refractivity contribution in [2.45, 2.75) is 125 Å². The van der Waals surface area contributed by atoms with Crippen LogP contribution < -0.4 is 14.5 Å². The fourth-order valence-electron chi connectivity index (χ4n) is 5.61. The van der Waals surface area contributed by atoms with Crippen molar-refractivity contribution >= 4 is 41.6 Å². The molecular weight excluding hydrogens is 762 g/mol. The minimum atomic E-state index is -1.18. The minimum absolute atomic E-state index is 0.00801. The van der Waals surface area contributed by atoms with E-state index in [9.17, 15) is 24.0 Å². The van der Waals surface area contributed by atoms with Gasteiger partial charge in [-0.1, -0.05) is 18.1 Å². The van der Waals surface area contributed by atoms with Crippen molar-refractivity contribution in [2.24, 2.45) is 0 Å². The SMILES string of the molecule is CC#CC(=O)N(C)[C@@H](C)COc1c(-c2cc(F)cc(N(C(=O)OC(C)(C)C)C(=O)c3ccc(C4CC4)cc3)c2C)ncnc1N(C(=O)OC(C)(C)C)C(=O)OC(C)(C)C. The van der Waals surface area contributed by atoms with E-state index in [0.717, 1.165) is 41.8 Å². The number of aromatic nitrogens is 2. The molecule has 0 bridgehead atoms. The van der Waals surface area contributed by atoms with Crippen LogP contribution in [0.3, 0.4) is 0 Å². The van der Waals surface area contributed by atoms with Gasteiger partial charge in [0, 0.05) is 18.2 Å². The third kappa shape index (κ3) is 12.0. The molecule has 1 fully saturated rings. The molecule has 0 unspecified atom stereocenters. The number of anilines is 2. The molecule has 1 aromatic heterocycles. The summed E-state index contributed by atoms with van der Waals surface area (Å²) in [6, 6.07) is 8.35. The number of carbonyl (C=O) groups excluding carboxylic acids is 5. The molecule has 0 aliphatic heterocycles. The zero-order chi connectivity index (χ0) is 44.2. The predicted molar refractivity (Wildman–Crippen MR) is 220 cm³/mol. The van der Waals surface area contributed by atoms with Gasteiger partial charge in [-0.3, -0.25) is 9.59 Å². The van der Waals surface area contributed by atoms with Crippen LogP contribution in [0.1, 0.15) is 116 Å². The van der Waals surface area contributed by atoms with Gasteiger partial charge in [0.1, 0.15) is 41.2 Å². The lowest BCUT2D eigenvalue weighted by Crippen LogP contribution is -2.44. The maximum absolute atomic E-state index is 16.1. The zero-order valence-electron chi connectivity index (χ0n) is 36.1. The standard InChI is InChI=1S/C44H54FN5O9/c1-14-15-34(51)48(13)26(2)24-56-36-35(46-25-47-37(36)50(40(54)58-43(7,8)9)41(55)59-44(10,11)12)32-22-31(45)23-33(27(32)3)49(39(53)57-42(4,5)6)38(52)30-20-18-29(19-21-30)28-16-17-28/h18-23,25-26,28H,16-17,24H2,1-13H3/t26-/m0/s1. The van der Waals surface area contributed by atoms with Crippen molar-refractivity contribution in [3.63, 3.8) is 0 Å². The summed E-state index contributed by atoms with van der Waals surface area (Å²) in [4.78, 5) is 80.0. The Hall–Kier alpha value is -6.04. The smallest absolute Gasteiger partial charge is 0.425 e. The van der Waals surface area contributed by atoms with E-state index in [-0.39, 0.29) is 40.4 Å². The van der Waals surface area contributed by atoms with Gasteiger partial charge in [0.05, 0.1) is 11.7 Å². The second kappa shape index (κ2) is 17.8. The lowest BCUT2D eigenvalue weighted by atomic mass is 10.0. The van der Waals surface area contributed by atoms with E-state index in [2.05, 4.69) is 21.8 Å². The molecule has 0 radical (unpaired) electrons. The number of hydrogen-bond acceptors (Lipinski definition) is 11. The van der Waals surface area contributed by atoms with Crippen LogP contribution in [0.2, 0.25) is 0 Å². The normalized spacial score (nSPS) is 13.3. The highest BCUT2D eigenvalue weighted by molar-refractivity contribution is 6.20. The summed E-state index contributed by atoms with van der Waals surface area (Å²) in [5.74, 6) is 2.52. The summed E-state index contributed by atoms with van der Waals surface area (Å²) < 4.78 is 39.3. The number of ether oxygens (including phenoxy) is 4. The molecule has 59 heavy (non-hydrogen) atoms. The average Bonchev–Trinajstić information content (AvgIpc) is 3.96. The Bertz CT molecular complexity index is 2130. The van der Waals surface area contributed by atoms with Gasteiger partial charge in [-0.25, -0.2) is 33.6 Å². The first-order valence-corrected chi connectivity index (χ1v) is 19.2.